The van der Waals surface area contributed by atoms with E-state index in [9.17, 15) is 5.11 Å². The Kier molecular flexibility index (Phi) is 16.3. The number of phenols is 1. The maximum absolute atomic E-state index is 9.54. The Hall–Kier alpha value is -2.14. The van der Waals surface area contributed by atoms with Crippen LogP contribution in [0.3, 0.4) is 0 Å². The summed E-state index contributed by atoms with van der Waals surface area (Å²) in [5.74, 6) is 0.113. The van der Waals surface area contributed by atoms with Gasteiger partial charge in [-0.2, -0.15) is 0 Å². The number of benzene rings is 2. The number of fused-ring (bicyclic) bond motifs is 1. The molecule has 5 heteroatoms. The van der Waals surface area contributed by atoms with Crippen LogP contribution in [-0.4, -0.2) is 47.2 Å². The highest BCUT2D eigenvalue weighted by molar-refractivity contribution is 6.02. The molecule has 0 aliphatic carbocycles. The van der Waals surface area contributed by atoms with Crippen molar-refractivity contribution in [1.29, 1.82) is 0 Å². The summed E-state index contributed by atoms with van der Waals surface area (Å²) in [7, 11) is 0. The minimum Gasteiger partial charge on any atom is -1.00 e. The monoisotopic (exact) mass is 448 g/mol. The van der Waals surface area contributed by atoms with Gasteiger partial charge in [0.05, 0.1) is 32.4 Å². The number of oxime groups is 1. The molecule has 2 aromatic rings. The van der Waals surface area contributed by atoms with Crippen molar-refractivity contribution >= 4 is 17.0 Å². The van der Waals surface area contributed by atoms with Crippen molar-refractivity contribution in [3.05, 3.63) is 42.0 Å². The molecular formula is C27H45FN2O2. The molecule has 0 atom stereocenters. The van der Waals surface area contributed by atoms with E-state index in [1.807, 2.05) is 30.3 Å². The van der Waals surface area contributed by atoms with E-state index in [1.165, 1.54) is 88.2 Å². The van der Waals surface area contributed by atoms with Crippen molar-refractivity contribution < 1.29 is 19.5 Å². The molecule has 0 saturated carbocycles. The van der Waals surface area contributed by atoms with Gasteiger partial charge in [0.25, 0.3) is 0 Å². The van der Waals surface area contributed by atoms with Gasteiger partial charge in [-0.3, -0.25) is 0 Å². The Morgan fingerprint density at radius 3 is 1.66 bits per heavy atom. The van der Waals surface area contributed by atoms with Crippen LogP contribution in [0.5, 0.6) is 5.75 Å². The fourth-order valence-corrected chi connectivity index (χ4v) is 4.12. The van der Waals surface area contributed by atoms with Crippen molar-refractivity contribution in [1.82, 2.24) is 0 Å². The maximum Gasteiger partial charge on any atom is 0.125 e. The minimum absolute atomic E-state index is 0. The third-order valence-electron chi connectivity index (χ3n) is 6.08. The van der Waals surface area contributed by atoms with Gasteiger partial charge in [0.1, 0.15) is 5.75 Å². The summed E-state index contributed by atoms with van der Waals surface area (Å²) >= 11 is 0. The molecule has 2 N–H and O–H groups in total. The molecule has 0 fully saturated rings. The Morgan fingerprint density at radius 2 is 1.22 bits per heavy atom. The molecule has 0 aliphatic rings. The van der Waals surface area contributed by atoms with Gasteiger partial charge >= 0.3 is 0 Å². The third-order valence-corrected chi connectivity index (χ3v) is 6.08. The van der Waals surface area contributed by atoms with Crippen LogP contribution in [0.2, 0.25) is 0 Å². The molecule has 182 valence electrons. The number of rotatable bonds is 13. The van der Waals surface area contributed by atoms with E-state index in [0.717, 1.165) is 10.8 Å². The normalized spacial score (nSPS) is 11.2. The molecular weight excluding hydrogens is 403 g/mol. The number of hydrogen-bond donors (Lipinski definition) is 2. The predicted octanol–water partition coefficient (Wildman–Crippen LogP) is 4.36. The molecule has 0 radical (unpaired) electrons. The van der Waals surface area contributed by atoms with Gasteiger partial charge in [-0.1, -0.05) is 88.9 Å². The fourth-order valence-electron chi connectivity index (χ4n) is 4.12. The SMILES string of the molecule is CCCC[N+](CCCC)(CCCC)CCCC.O/N=C/c1c(O)ccc2ccccc12.[F-]. The van der Waals surface area contributed by atoms with E-state index >= 15 is 0 Å². The van der Waals surface area contributed by atoms with E-state index in [4.69, 9.17) is 5.21 Å². The molecule has 2 rings (SSSR count). The molecule has 0 spiro atoms. The van der Waals surface area contributed by atoms with Crippen LogP contribution in [0.15, 0.2) is 41.6 Å². The minimum atomic E-state index is 0. The summed E-state index contributed by atoms with van der Waals surface area (Å²) in [4.78, 5) is 0. The van der Waals surface area contributed by atoms with Crippen molar-refractivity contribution in [3.8, 4) is 5.75 Å². The lowest BCUT2D eigenvalue weighted by Gasteiger charge is -2.39. The van der Waals surface area contributed by atoms with Crippen molar-refractivity contribution in [2.75, 3.05) is 26.2 Å². The summed E-state index contributed by atoms with van der Waals surface area (Å²) in [6, 6.07) is 11.0. The first-order chi connectivity index (χ1) is 15.1. The predicted molar refractivity (Wildman–Crippen MR) is 134 cm³/mol. The van der Waals surface area contributed by atoms with E-state index in [0.29, 0.717) is 5.56 Å². The van der Waals surface area contributed by atoms with Gasteiger partial charge in [-0.15, -0.1) is 0 Å². The third kappa shape index (κ3) is 9.99. The average Bonchev–Trinajstić information content (AvgIpc) is 2.80. The van der Waals surface area contributed by atoms with Crippen LogP contribution >= 0.6 is 0 Å². The largest absolute Gasteiger partial charge is 1.00 e. The first-order valence-electron chi connectivity index (χ1n) is 12.3. The van der Waals surface area contributed by atoms with Gasteiger partial charge < -0.3 is 19.5 Å². The molecule has 0 bridgehead atoms. The molecule has 2 aromatic carbocycles. The summed E-state index contributed by atoms with van der Waals surface area (Å²) in [5.41, 5.74) is 0.533. The molecule has 0 amide bonds. The first kappa shape index (κ1) is 29.9. The quantitative estimate of drug-likeness (QED) is 0.207. The summed E-state index contributed by atoms with van der Waals surface area (Å²) in [5, 5.41) is 22.8. The van der Waals surface area contributed by atoms with Crippen LogP contribution in [0.4, 0.5) is 0 Å². The molecule has 4 nitrogen and oxygen atoms in total. The Morgan fingerprint density at radius 1 is 0.750 bits per heavy atom. The van der Waals surface area contributed by atoms with Crippen molar-refractivity contribution in [2.24, 2.45) is 5.16 Å². The summed E-state index contributed by atoms with van der Waals surface area (Å²) in [6.45, 7) is 15.0. The zero-order valence-electron chi connectivity index (χ0n) is 20.7. The van der Waals surface area contributed by atoms with Gasteiger partial charge in [0.15, 0.2) is 0 Å². The number of halogens is 1. The van der Waals surface area contributed by atoms with Gasteiger partial charge in [0.2, 0.25) is 0 Å². The summed E-state index contributed by atoms with van der Waals surface area (Å²) in [6.07, 6.45) is 12.3. The van der Waals surface area contributed by atoms with Crippen LogP contribution in [0.25, 0.3) is 10.8 Å². The first-order valence-corrected chi connectivity index (χ1v) is 12.3. The number of hydrogen-bond acceptors (Lipinski definition) is 3. The van der Waals surface area contributed by atoms with Crippen molar-refractivity contribution in [3.63, 3.8) is 0 Å². The lowest BCUT2D eigenvalue weighted by Crippen LogP contribution is -3.00. The smallest absolute Gasteiger partial charge is 0.125 e. The highest BCUT2D eigenvalue weighted by atomic mass is 19.0. The van der Waals surface area contributed by atoms with Gasteiger partial charge in [-0.05, 0) is 42.5 Å². The molecule has 0 aliphatic heterocycles. The van der Waals surface area contributed by atoms with E-state index < -0.39 is 0 Å². The zero-order chi connectivity index (χ0) is 23.0. The molecule has 0 heterocycles. The standard InChI is InChI=1S/C16H36N.C11H9NO2.FH/c1-5-9-13-17(14-10-6-2,15-11-7-3)16-12-8-4;13-11-6-5-8-3-1-2-4-9(8)10(11)7-12-14;/h5-16H2,1-4H3;1-7,13-14H;1H/q+1;;/p-1/b;12-7+;. The number of phenolic OH excluding ortho intramolecular Hbond substituents is 1. The van der Waals surface area contributed by atoms with Crippen LogP contribution in [0, 0.1) is 0 Å². The number of nitrogens with zero attached hydrogens (tertiary/aromatic N) is 2. The van der Waals surface area contributed by atoms with E-state index in [2.05, 4.69) is 32.9 Å². The Bertz CT molecular complexity index is 727. The topological polar surface area (TPSA) is 52.8 Å². The average molecular weight is 449 g/mol. The zero-order valence-corrected chi connectivity index (χ0v) is 20.7. The number of unbranched alkanes of at least 4 members (excludes halogenated alkanes) is 4. The number of aromatic hydroxyl groups is 1. The van der Waals surface area contributed by atoms with E-state index in [1.54, 1.807) is 6.07 Å². The summed E-state index contributed by atoms with van der Waals surface area (Å²) < 4.78 is 1.42. The molecule has 0 saturated heterocycles. The fraction of sp³-hybridized carbons (Fsp3) is 0.593. The molecule has 0 aromatic heterocycles. The second-order valence-corrected chi connectivity index (χ2v) is 8.61. The second-order valence-electron chi connectivity index (χ2n) is 8.61. The van der Waals surface area contributed by atoms with Crippen LogP contribution in [0.1, 0.15) is 84.6 Å². The highest BCUT2D eigenvalue weighted by Crippen LogP contribution is 2.25. The Balaban J connectivity index is 0.000000589. The van der Waals surface area contributed by atoms with Gasteiger partial charge in [-0.25, -0.2) is 0 Å². The van der Waals surface area contributed by atoms with Crippen LogP contribution < -0.4 is 4.70 Å². The lowest BCUT2D eigenvalue weighted by molar-refractivity contribution is -0.929. The van der Waals surface area contributed by atoms with E-state index in [-0.39, 0.29) is 10.5 Å². The maximum atomic E-state index is 9.54. The van der Waals surface area contributed by atoms with Crippen LogP contribution in [-0.2, 0) is 0 Å². The number of quaternary nitrogens is 1. The highest BCUT2D eigenvalue weighted by Gasteiger charge is 2.24. The van der Waals surface area contributed by atoms with Gasteiger partial charge in [0, 0.05) is 5.56 Å². The molecule has 0 unspecified atom stereocenters. The van der Waals surface area contributed by atoms with Crippen molar-refractivity contribution in [2.45, 2.75) is 79.1 Å². The Labute approximate surface area is 194 Å². The molecule has 32 heavy (non-hydrogen) atoms. The lowest BCUT2D eigenvalue weighted by atomic mass is 10.0. The second kappa shape index (κ2) is 17.4.